The number of carbonyl (C=O) groups is 1. The van der Waals surface area contributed by atoms with Gasteiger partial charge in [-0.05, 0) is 31.4 Å². The van der Waals surface area contributed by atoms with Crippen molar-refractivity contribution in [2.45, 2.75) is 44.2 Å². The number of hydrogen-bond donors (Lipinski definition) is 0. The van der Waals surface area contributed by atoms with Crippen molar-refractivity contribution in [1.29, 1.82) is 0 Å². The van der Waals surface area contributed by atoms with Crippen LogP contribution in [0.2, 0.25) is 0 Å². The van der Waals surface area contributed by atoms with Crippen LogP contribution in [0.3, 0.4) is 0 Å². The molecule has 5 heteroatoms. The number of hydrogen-bond acceptors (Lipinski definition) is 5. The molecule has 5 nitrogen and oxygen atoms in total. The predicted molar refractivity (Wildman–Crippen MR) is 95.3 cm³/mol. The predicted octanol–water partition coefficient (Wildman–Crippen LogP) is 3.95. The summed E-state index contributed by atoms with van der Waals surface area (Å²) in [6, 6.07) is 7.51. The maximum Gasteiger partial charge on any atom is 0.306 e. The van der Waals surface area contributed by atoms with Crippen molar-refractivity contribution in [3.8, 4) is 5.75 Å². The lowest BCUT2D eigenvalue weighted by atomic mass is 10.1. The molecule has 0 bridgehead atoms. The number of esters is 1. The molecule has 0 spiro atoms. The third-order valence-electron chi connectivity index (χ3n) is 3.98. The van der Waals surface area contributed by atoms with E-state index in [-0.39, 0.29) is 12.1 Å². The monoisotopic (exact) mass is 346 g/mol. The van der Waals surface area contributed by atoms with Crippen LogP contribution in [0.4, 0.5) is 0 Å². The van der Waals surface area contributed by atoms with Gasteiger partial charge >= 0.3 is 5.97 Å². The second kappa shape index (κ2) is 10.0. The SMILES string of the molecule is C=CCCCC(=O)O[C@H]1COC(c2ccc(OC)cc2)O[C@H]1CC=C. The minimum Gasteiger partial charge on any atom is -0.497 e. The van der Waals surface area contributed by atoms with Gasteiger partial charge in [-0.3, -0.25) is 4.79 Å². The van der Waals surface area contributed by atoms with Crippen LogP contribution in [-0.4, -0.2) is 31.9 Å². The molecule has 1 aliphatic heterocycles. The molecular weight excluding hydrogens is 320 g/mol. The molecule has 1 heterocycles. The van der Waals surface area contributed by atoms with Gasteiger partial charge in [0.25, 0.3) is 0 Å². The van der Waals surface area contributed by atoms with Crippen LogP contribution < -0.4 is 4.74 Å². The summed E-state index contributed by atoms with van der Waals surface area (Å²) in [6.07, 6.45) is 4.84. The Morgan fingerprint density at radius 2 is 2.04 bits per heavy atom. The van der Waals surface area contributed by atoms with Crippen molar-refractivity contribution in [2.75, 3.05) is 13.7 Å². The smallest absolute Gasteiger partial charge is 0.306 e. The van der Waals surface area contributed by atoms with Crippen LogP contribution in [0, 0.1) is 0 Å². The molecule has 1 aromatic rings. The lowest BCUT2D eigenvalue weighted by molar-refractivity contribution is -0.261. The van der Waals surface area contributed by atoms with Crippen molar-refractivity contribution in [3.05, 3.63) is 55.1 Å². The Balaban J connectivity index is 1.95. The summed E-state index contributed by atoms with van der Waals surface area (Å²) in [4.78, 5) is 12.0. The van der Waals surface area contributed by atoms with Gasteiger partial charge in [0.1, 0.15) is 11.9 Å². The molecule has 136 valence electrons. The van der Waals surface area contributed by atoms with E-state index in [9.17, 15) is 4.79 Å². The highest BCUT2D eigenvalue weighted by atomic mass is 16.7. The average Bonchev–Trinajstić information content (AvgIpc) is 2.64. The van der Waals surface area contributed by atoms with Gasteiger partial charge < -0.3 is 18.9 Å². The van der Waals surface area contributed by atoms with Gasteiger partial charge in [0.2, 0.25) is 0 Å². The zero-order valence-corrected chi connectivity index (χ0v) is 14.7. The molecule has 1 aromatic carbocycles. The fraction of sp³-hybridized carbons (Fsp3) is 0.450. The molecule has 0 amide bonds. The van der Waals surface area contributed by atoms with E-state index in [1.54, 1.807) is 19.3 Å². The molecule has 1 aliphatic rings. The third-order valence-corrected chi connectivity index (χ3v) is 3.98. The van der Waals surface area contributed by atoms with Gasteiger partial charge in [-0.2, -0.15) is 0 Å². The van der Waals surface area contributed by atoms with Crippen LogP contribution >= 0.6 is 0 Å². The fourth-order valence-corrected chi connectivity index (χ4v) is 2.61. The van der Waals surface area contributed by atoms with Gasteiger partial charge in [0, 0.05) is 12.0 Å². The van der Waals surface area contributed by atoms with Gasteiger partial charge in [0.05, 0.1) is 13.7 Å². The molecular formula is C20H26O5. The molecule has 1 fully saturated rings. The zero-order valence-electron chi connectivity index (χ0n) is 14.7. The number of ether oxygens (including phenoxy) is 4. The summed E-state index contributed by atoms with van der Waals surface area (Å²) < 4.78 is 22.5. The van der Waals surface area contributed by atoms with Crippen molar-refractivity contribution >= 4 is 5.97 Å². The van der Waals surface area contributed by atoms with Crippen LogP contribution in [0.15, 0.2) is 49.6 Å². The molecule has 3 atom stereocenters. The maximum absolute atomic E-state index is 12.0. The molecule has 2 rings (SSSR count). The van der Waals surface area contributed by atoms with Gasteiger partial charge in [0.15, 0.2) is 12.4 Å². The number of benzene rings is 1. The average molecular weight is 346 g/mol. The molecule has 1 saturated heterocycles. The Bertz CT molecular complexity index is 566. The first-order valence-corrected chi connectivity index (χ1v) is 8.50. The van der Waals surface area contributed by atoms with E-state index in [0.29, 0.717) is 19.4 Å². The largest absolute Gasteiger partial charge is 0.497 e. The van der Waals surface area contributed by atoms with Crippen LogP contribution in [0.1, 0.15) is 37.5 Å². The lowest BCUT2D eigenvalue weighted by Crippen LogP contribution is -2.43. The highest BCUT2D eigenvalue weighted by molar-refractivity contribution is 5.69. The topological polar surface area (TPSA) is 54.0 Å². The van der Waals surface area contributed by atoms with Gasteiger partial charge in [-0.1, -0.05) is 24.3 Å². The standard InChI is InChI=1S/C20H26O5/c1-4-6-7-9-19(21)24-18-14-23-20(25-17(18)8-5-2)15-10-12-16(22-3)13-11-15/h4-5,10-13,17-18,20H,1-2,6-9,14H2,3H3/t17-,18-,20?/m0/s1. The highest BCUT2D eigenvalue weighted by Gasteiger charge is 2.34. The molecule has 0 aromatic heterocycles. The van der Waals surface area contributed by atoms with Gasteiger partial charge in [-0.15, -0.1) is 13.2 Å². The lowest BCUT2D eigenvalue weighted by Gasteiger charge is -2.36. The van der Waals surface area contributed by atoms with Crippen molar-refractivity contribution in [1.82, 2.24) is 0 Å². The van der Waals surface area contributed by atoms with Crippen molar-refractivity contribution < 1.29 is 23.7 Å². The zero-order chi connectivity index (χ0) is 18.1. The van der Waals surface area contributed by atoms with Crippen LogP contribution in [0.5, 0.6) is 5.75 Å². The Morgan fingerprint density at radius 3 is 2.68 bits per heavy atom. The number of allylic oxidation sites excluding steroid dienone is 1. The van der Waals surface area contributed by atoms with Crippen LogP contribution in [-0.2, 0) is 19.0 Å². The Morgan fingerprint density at radius 1 is 1.28 bits per heavy atom. The number of carbonyl (C=O) groups excluding carboxylic acids is 1. The minimum absolute atomic E-state index is 0.240. The van der Waals surface area contributed by atoms with E-state index in [0.717, 1.165) is 24.2 Å². The first-order chi connectivity index (χ1) is 12.2. The maximum atomic E-state index is 12.0. The molecule has 25 heavy (non-hydrogen) atoms. The van der Waals surface area contributed by atoms with Gasteiger partial charge in [-0.25, -0.2) is 0 Å². The second-order valence-electron chi connectivity index (χ2n) is 5.85. The summed E-state index contributed by atoms with van der Waals surface area (Å²) in [5.74, 6) is 0.532. The molecule has 0 N–H and O–H groups in total. The fourth-order valence-electron chi connectivity index (χ4n) is 2.61. The van der Waals surface area contributed by atoms with E-state index < -0.39 is 12.4 Å². The van der Waals surface area contributed by atoms with Crippen LogP contribution in [0.25, 0.3) is 0 Å². The summed E-state index contributed by atoms with van der Waals surface area (Å²) in [7, 11) is 1.62. The molecule has 1 unspecified atom stereocenters. The molecule has 0 radical (unpaired) electrons. The molecule has 0 aliphatic carbocycles. The van der Waals surface area contributed by atoms with E-state index in [1.165, 1.54) is 0 Å². The summed E-state index contributed by atoms with van der Waals surface area (Å²) in [5, 5.41) is 0. The normalized spacial score (nSPS) is 22.8. The number of rotatable bonds is 9. The molecule has 0 saturated carbocycles. The van der Waals surface area contributed by atoms with Crippen molar-refractivity contribution in [3.63, 3.8) is 0 Å². The first kappa shape index (κ1) is 19.2. The van der Waals surface area contributed by atoms with E-state index in [2.05, 4.69) is 13.2 Å². The summed E-state index contributed by atoms with van der Waals surface area (Å²) in [6.45, 7) is 7.70. The van der Waals surface area contributed by atoms with E-state index in [1.807, 2.05) is 24.3 Å². The van der Waals surface area contributed by atoms with Crippen molar-refractivity contribution in [2.24, 2.45) is 0 Å². The third kappa shape index (κ3) is 5.73. The number of unbranched alkanes of at least 4 members (excludes halogenated alkanes) is 1. The highest BCUT2D eigenvalue weighted by Crippen LogP contribution is 2.30. The first-order valence-electron chi connectivity index (χ1n) is 8.50. The Kier molecular flexibility index (Phi) is 7.70. The van der Waals surface area contributed by atoms with E-state index >= 15 is 0 Å². The minimum atomic E-state index is -0.494. The second-order valence-corrected chi connectivity index (χ2v) is 5.85. The van der Waals surface area contributed by atoms with E-state index in [4.69, 9.17) is 18.9 Å². The Labute approximate surface area is 149 Å². The summed E-state index contributed by atoms with van der Waals surface area (Å²) in [5.41, 5.74) is 0.894. The Hall–Kier alpha value is -2.11. The number of methoxy groups -OCH3 is 1. The quantitative estimate of drug-likeness (QED) is 0.385. The summed E-state index contributed by atoms with van der Waals surface area (Å²) >= 11 is 0.